The van der Waals surface area contributed by atoms with Crippen LogP contribution in [0.2, 0.25) is 0 Å². The lowest BCUT2D eigenvalue weighted by Gasteiger charge is -2.18. The maximum absolute atomic E-state index is 11.8. The Labute approximate surface area is 157 Å². The fourth-order valence-corrected chi connectivity index (χ4v) is 4.17. The topological polar surface area (TPSA) is 78.9 Å². The van der Waals surface area contributed by atoms with Crippen LogP contribution in [0.5, 0.6) is 5.75 Å². The number of ether oxygens (including phenoxy) is 1. The summed E-state index contributed by atoms with van der Waals surface area (Å²) in [4.78, 5) is 24.7. The smallest absolute Gasteiger partial charge is 0.407 e. The van der Waals surface area contributed by atoms with E-state index >= 15 is 0 Å². The van der Waals surface area contributed by atoms with E-state index in [0.717, 1.165) is 28.9 Å². The molecule has 6 heteroatoms. The quantitative estimate of drug-likeness (QED) is 0.856. The van der Waals surface area contributed by atoms with Crippen molar-refractivity contribution in [1.82, 2.24) is 10.2 Å². The van der Waals surface area contributed by atoms with Gasteiger partial charge in [0.1, 0.15) is 5.75 Å². The van der Waals surface area contributed by atoms with Gasteiger partial charge in [-0.15, -0.1) is 0 Å². The average molecular weight is 366 g/mol. The van der Waals surface area contributed by atoms with Crippen LogP contribution in [-0.4, -0.2) is 48.8 Å². The second-order valence-electron chi connectivity index (χ2n) is 7.07. The minimum atomic E-state index is -0.855. The molecule has 2 aliphatic heterocycles. The highest BCUT2D eigenvalue weighted by Gasteiger charge is 2.39. The maximum Gasteiger partial charge on any atom is 0.407 e. The van der Waals surface area contributed by atoms with E-state index in [1.807, 2.05) is 30.3 Å². The molecular formula is C21H22N2O4. The Morgan fingerprint density at radius 1 is 1.15 bits per heavy atom. The number of hydrogen-bond acceptors (Lipinski definition) is 3. The van der Waals surface area contributed by atoms with Gasteiger partial charge >= 0.3 is 6.09 Å². The first-order valence-corrected chi connectivity index (χ1v) is 9.14. The third-order valence-corrected chi connectivity index (χ3v) is 5.58. The van der Waals surface area contributed by atoms with Crippen molar-refractivity contribution in [3.8, 4) is 16.9 Å². The number of carbonyl (C=O) groups is 2. The third kappa shape index (κ3) is 3.12. The number of benzene rings is 2. The second-order valence-corrected chi connectivity index (χ2v) is 7.07. The third-order valence-electron chi connectivity index (χ3n) is 5.58. The summed E-state index contributed by atoms with van der Waals surface area (Å²) in [6.45, 7) is 1.65. The fraction of sp³-hybridized carbons (Fsp3) is 0.333. The summed E-state index contributed by atoms with van der Waals surface area (Å²) in [7, 11) is 1.61. The lowest BCUT2D eigenvalue weighted by Crippen LogP contribution is -2.27. The zero-order valence-corrected chi connectivity index (χ0v) is 15.1. The molecule has 2 N–H and O–H groups in total. The van der Waals surface area contributed by atoms with Crippen molar-refractivity contribution in [3.63, 3.8) is 0 Å². The molecule has 2 atom stereocenters. The van der Waals surface area contributed by atoms with Gasteiger partial charge in [0.2, 0.25) is 0 Å². The summed E-state index contributed by atoms with van der Waals surface area (Å²) in [6, 6.07) is 13.5. The molecule has 1 saturated heterocycles. The Kier molecular flexibility index (Phi) is 4.48. The molecule has 0 saturated carbocycles. The number of hydrogen-bond donors (Lipinski definition) is 2. The molecule has 27 heavy (non-hydrogen) atoms. The number of amides is 2. The molecule has 0 aliphatic carbocycles. The number of rotatable bonds is 2. The Hall–Kier alpha value is -3.02. The lowest BCUT2D eigenvalue weighted by atomic mass is 9.86. The largest absolute Gasteiger partial charge is 0.493 e. The molecule has 0 aromatic heterocycles. The first kappa shape index (κ1) is 17.4. The van der Waals surface area contributed by atoms with E-state index in [9.17, 15) is 14.7 Å². The molecule has 2 aliphatic rings. The van der Waals surface area contributed by atoms with Crippen molar-refractivity contribution < 1.29 is 19.4 Å². The molecule has 2 amide bonds. The van der Waals surface area contributed by atoms with Crippen molar-refractivity contribution in [2.75, 3.05) is 26.7 Å². The highest BCUT2D eigenvalue weighted by molar-refractivity contribution is 5.94. The van der Waals surface area contributed by atoms with Gasteiger partial charge in [-0.3, -0.25) is 4.79 Å². The van der Waals surface area contributed by atoms with Crippen LogP contribution >= 0.6 is 0 Å². The van der Waals surface area contributed by atoms with E-state index in [-0.39, 0.29) is 17.7 Å². The van der Waals surface area contributed by atoms with Crippen LogP contribution in [0.1, 0.15) is 28.3 Å². The number of carboxylic acid groups (broad SMARTS) is 1. The molecule has 4 rings (SSSR count). The van der Waals surface area contributed by atoms with Crippen LogP contribution < -0.4 is 10.1 Å². The number of fused-ring (bicyclic) bond motifs is 3. The highest BCUT2D eigenvalue weighted by Crippen LogP contribution is 2.45. The summed E-state index contributed by atoms with van der Waals surface area (Å²) in [5, 5.41) is 12.0. The minimum absolute atomic E-state index is 0.118. The molecular weight excluding hydrogens is 344 g/mol. The number of para-hydroxylation sites is 1. The second kappa shape index (κ2) is 6.95. The van der Waals surface area contributed by atoms with Gasteiger partial charge in [-0.25, -0.2) is 4.79 Å². The first-order chi connectivity index (χ1) is 13.1. The SMILES string of the molecule is CNC(=O)c1ccc(-c2cccc3c2OCC[C@H]2CN(C(=O)O)C[C@H]32)cc1. The molecule has 0 radical (unpaired) electrons. The van der Waals surface area contributed by atoms with Crippen molar-refractivity contribution in [1.29, 1.82) is 0 Å². The van der Waals surface area contributed by atoms with E-state index in [1.54, 1.807) is 19.2 Å². The van der Waals surface area contributed by atoms with Crippen LogP contribution in [0, 0.1) is 5.92 Å². The molecule has 2 aromatic carbocycles. The standard InChI is InChI=1S/C21H22N2O4/c1-22-20(24)14-7-5-13(6-8-14)16-3-2-4-17-18-12-23(21(25)26)11-15(18)9-10-27-19(16)17/h2-8,15,18H,9-12H2,1H3,(H,22,24)(H,25,26)/t15-,18-/m0/s1. The van der Waals surface area contributed by atoms with Crippen LogP contribution in [0.25, 0.3) is 11.1 Å². The van der Waals surface area contributed by atoms with Gasteiger partial charge in [-0.2, -0.15) is 0 Å². The van der Waals surface area contributed by atoms with E-state index in [0.29, 0.717) is 25.3 Å². The van der Waals surface area contributed by atoms with Gasteiger partial charge in [0.05, 0.1) is 6.61 Å². The summed E-state index contributed by atoms with van der Waals surface area (Å²) < 4.78 is 6.12. The summed E-state index contributed by atoms with van der Waals surface area (Å²) in [6.07, 6.45) is -0.00969. The Morgan fingerprint density at radius 3 is 2.63 bits per heavy atom. The van der Waals surface area contributed by atoms with Crippen LogP contribution in [0.15, 0.2) is 42.5 Å². The van der Waals surface area contributed by atoms with E-state index < -0.39 is 6.09 Å². The first-order valence-electron chi connectivity index (χ1n) is 9.14. The Balaban J connectivity index is 1.71. The van der Waals surface area contributed by atoms with E-state index in [1.165, 1.54) is 4.90 Å². The van der Waals surface area contributed by atoms with Gasteiger partial charge in [0.25, 0.3) is 5.91 Å². The molecule has 0 spiro atoms. The normalized spacial score (nSPS) is 20.9. The molecule has 2 aromatic rings. The van der Waals surface area contributed by atoms with Crippen molar-refractivity contribution >= 4 is 12.0 Å². The molecule has 0 bridgehead atoms. The number of carbonyl (C=O) groups excluding carboxylic acids is 1. The van der Waals surface area contributed by atoms with Crippen molar-refractivity contribution in [3.05, 3.63) is 53.6 Å². The minimum Gasteiger partial charge on any atom is -0.493 e. The number of nitrogens with one attached hydrogen (secondary N) is 1. The molecule has 1 fully saturated rings. The number of likely N-dealkylation sites (tertiary alicyclic amines) is 1. The van der Waals surface area contributed by atoms with Crippen LogP contribution in [0.4, 0.5) is 4.79 Å². The van der Waals surface area contributed by atoms with Gasteiger partial charge in [0, 0.05) is 37.2 Å². The monoisotopic (exact) mass is 366 g/mol. The average Bonchev–Trinajstić information content (AvgIpc) is 3.04. The molecule has 140 valence electrons. The molecule has 0 unspecified atom stereocenters. The number of nitrogens with zero attached hydrogens (tertiary/aromatic N) is 1. The fourth-order valence-electron chi connectivity index (χ4n) is 4.17. The van der Waals surface area contributed by atoms with Crippen LogP contribution in [-0.2, 0) is 0 Å². The molecule has 2 heterocycles. The Morgan fingerprint density at radius 2 is 1.93 bits per heavy atom. The lowest BCUT2D eigenvalue weighted by molar-refractivity contribution is 0.0963. The highest BCUT2D eigenvalue weighted by atomic mass is 16.5. The molecule has 6 nitrogen and oxygen atoms in total. The van der Waals surface area contributed by atoms with Gasteiger partial charge < -0.3 is 20.1 Å². The van der Waals surface area contributed by atoms with Gasteiger partial charge in [-0.1, -0.05) is 30.3 Å². The summed E-state index contributed by atoms with van der Waals surface area (Å²) in [5.41, 5.74) is 3.64. The maximum atomic E-state index is 11.8. The summed E-state index contributed by atoms with van der Waals surface area (Å²) in [5.74, 6) is 1.16. The zero-order valence-electron chi connectivity index (χ0n) is 15.1. The Bertz CT molecular complexity index is 878. The van der Waals surface area contributed by atoms with Crippen molar-refractivity contribution in [2.45, 2.75) is 12.3 Å². The van der Waals surface area contributed by atoms with Gasteiger partial charge in [-0.05, 0) is 35.6 Å². The zero-order chi connectivity index (χ0) is 19.0. The predicted octanol–water partition coefficient (Wildman–Crippen LogP) is 3.19. The summed E-state index contributed by atoms with van der Waals surface area (Å²) >= 11 is 0. The van der Waals surface area contributed by atoms with E-state index in [2.05, 4.69) is 5.32 Å². The van der Waals surface area contributed by atoms with Crippen LogP contribution in [0.3, 0.4) is 0 Å². The predicted molar refractivity (Wildman–Crippen MR) is 101 cm³/mol. The van der Waals surface area contributed by atoms with Crippen molar-refractivity contribution in [2.24, 2.45) is 5.92 Å². The van der Waals surface area contributed by atoms with E-state index in [4.69, 9.17) is 4.74 Å². The van der Waals surface area contributed by atoms with Gasteiger partial charge in [0.15, 0.2) is 0 Å².